The van der Waals surface area contributed by atoms with Crippen molar-refractivity contribution in [2.45, 2.75) is 18.9 Å². The molecule has 1 aromatic carbocycles. The molecule has 1 aromatic heterocycles. The number of nitrogens with one attached hydrogen (secondary N) is 3. The zero-order valence-electron chi connectivity index (χ0n) is 16.1. The van der Waals surface area contributed by atoms with Gasteiger partial charge < -0.3 is 20.7 Å². The van der Waals surface area contributed by atoms with Crippen LogP contribution in [0.1, 0.15) is 18.4 Å². The molecule has 1 fully saturated rings. The van der Waals surface area contributed by atoms with Crippen LogP contribution in [-0.4, -0.2) is 47.9 Å². The lowest BCUT2D eigenvalue weighted by molar-refractivity contribution is -0.124. The lowest BCUT2D eigenvalue weighted by Crippen LogP contribution is -2.28. The summed E-state index contributed by atoms with van der Waals surface area (Å²) in [4.78, 5) is 24.8. The zero-order valence-corrected chi connectivity index (χ0v) is 17.0. The minimum atomic E-state index is -0.548. The molecule has 1 saturated heterocycles. The molecule has 9 heteroatoms. The van der Waals surface area contributed by atoms with Gasteiger partial charge in [0.25, 0.3) is 5.91 Å². The number of anilines is 2. The summed E-state index contributed by atoms with van der Waals surface area (Å²) in [6, 6.07) is 7.09. The number of benzene rings is 1. The van der Waals surface area contributed by atoms with E-state index >= 15 is 0 Å². The minimum absolute atomic E-state index is 0. The average Bonchev–Trinajstić information content (AvgIpc) is 3.29. The van der Waals surface area contributed by atoms with Gasteiger partial charge in [-0.05, 0) is 30.7 Å². The van der Waals surface area contributed by atoms with E-state index in [0.717, 1.165) is 12.1 Å². The van der Waals surface area contributed by atoms with E-state index in [1.807, 2.05) is 19.4 Å². The largest absolute Gasteiger partial charge is 0.372 e. The fraction of sp³-hybridized carbons (Fsp3) is 0.421. The van der Waals surface area contributed by atoms with Crippen molar-refractivity contribution < 1.29 is 14.3 Å². The molecule has 3 rings (SSSR count). The Morgan fingerprint density at radius 2 is 2.00 bits per heavy atom. The van der Waals surface area contributed by atoms with Crippen LogP contribution in [-0.2, 0) is 21.4 Å². The zero-order chi connectivity index (χ0) is 19.4. The van der Waals surface area contributed by atoms with Crippen LogP contribution in [0.25, 0.3) is 0 Å². The van der Waals surface area contributed by atoms with Crippen LogP contribution < -0.4 is 16.0 Å². The second kappa shape index (κ2) is 9.68. The van der Waals surface area contributed by atoms with Crippen LogP contribution in [0.15, 0.2) is 36.7 Å². The number of aromatic nitrogens is 2. The van der Waals surface area contributed by atoms with Gasteiger partial charge in [-0.25, -0.2) is 0 Å². The summed E-state index contributed by atoms with van der Waals surface area (Å²) in [5.41, 5.74) is 2.30. The molecule has 28 heavy (non-hydrogen) atoms. The smallest absolute Gasteiger partial charge is 0.253 e. The first-order valence-electron chi connectivity index (χ1n) is 8.91. The molecule has 0 saturated carbocycles. The Hall–Kier alpha value is -2.42. The Kier molecular flexibility index (Phi) is 7.56. The number of aryl methyl sites for hydroxylation is 1. The average molecular weight is 408 g/mol. The number of carbonyl (C=O) groups is 2. The van der Waals surface area contributed by atoms with Crippen molar-refractivity contribution in [3.63, 3.8) is 0 Å². The van der Waals surface area contributed by atoms with Gasteiger partial charge in [-0.15, -0.1) is 12.4 Å². The monoisotopic (exact) mass is 407 g/mol. The fourth-order valence-corrected chi connectivity index (χ4v) is 3.20. The number of nitrogens with zero attached hydrogens (tertiary/aromatic N) is 2. The molecule has 152 valence electrons. The van der Waals surface area contributed by atoms with E-state index in [4.69, 9.17) is 4.74 Å². The number of halogens is 1. The number of amides is 2. The maximum Gasteiger partial charge on any atom is 0.253 e. The predicted molar refractivity (Wildman–Crippen MR) is 110 cm³/mol. The number of carbonyl (C=O) groups excluding carboxylic acids is 2. The highest BCUT2D eigenvalue weighted by atomic mass is 35.5. The second-order valence-corrected chi connectivity index (χ2v) is 6.76. The maximum atomic E-state index is 12.8. The molecule has 8 nitrogen and oxygen atoms in total. The van der Waals surface area contributed by atoms with Crippen LogP contribution in [0.3, 0.4) is 0 Å². The van der Waals surface area contributed by atoms with Gasteiger partial charge in [-0.1, -0.05) is 6.07 Å². The molecule has 2 aromatic rings. The summed E-state index contributed by atoms with van der Waals surface area (Å²) in [5, 5.41) is 13.2. The number of hydrogen-bond acceptors (Lipinski definition) is 5. The van der Waals surface area contributed by atoms with Gasteiger partial charge in [-0.3, -0.25) is 14.3 Å². The van der Waals surface area contributed by atoms with E-state index in [1.54, 1.807) is 35.9 Å². The molecule has 3 atom stereocenters. The highest BCUT2D eigenvalue weighted by Crippen LogP contribution is 2.29. The van der Waals surface area contributed by atoms with Crippen molar-refractivity contribution in [1.29, 1.82) is 0 Å². The van der Waals surface area contributed by atoms with Crippen molar-refractivity contribution in [3.05, 3.63) is 42.2 Å². The molecule has 2 amide bonds. The first-order valence-corrected chi connectivity index (χ1v) is 8.91. The topological polar surface area (TPSA) is 97.3 Å². The van der Waals surface area contributed by atoms with Gasteiger partial charge in [0.15, 0.2) is 0 Å². The molecule has 1 aliphatic heterocycles. The molecule has 0 aliphatic carbocycles. The normalized spacial score (nSPS) is 19.5. The number of ether oxygens (including phenoxy) is 1. The first kappa shape index (κ1) is 21.9. The van der Waals surface area contributed by atoms with E-state index in [0.29, 0.717) is 17.9 Å². The Bertz CT molecular complexity index is 825. The molecule has 3 N–H and O–H groups in total. The van der Waals surface area contributed by atoms with Crippen molar-refractivity contribution >= 4 is 35.6 Å². The summed E-state index contributed by atoms with van der Waals surface area (Å²) >= 11 is 0. The third-order valence-corrected chi connectivity index (χ3v) is 4.82. The standard InChI is InChI=1S/C19H25N5O3.ClH/c1-12(27-3)18(25)22-14-5-4-6-15(7-14)23-19(26)17-10-20-9-16(17)13-8-21-24(2)11-13;/h4-8,11-12,16-17,20H,9-10H2,1-3H3,(H,22,25)(H,23,26);1H/t12?,16-,17+;/m1./s1. The summed E-state index contributed by atoms with van der Waals surface area (Å²) in [6.07, 6.45) is 3.21. The molecule has 1 aliphatic rings. The number of hydrogen-bond donors (Lipinski definition) is 3. The Morgan fingerprint density at radius 3 is 2.64 bits per heavy atom. The Morgan fingerprint density at radius 1 is 1.29 bits per heavy atom. The molecule has 0 radical (unpaired) electrons. The van der Waals surface area contributed by atoms with Crippen LogP contribution in [0.5, 0.6) is 0 Å². The summed E-state index contributed by atoms with van der Waals surface area (Å²) in [7, 11) is 3.35. The third-order valence-electron chi connectivity index (χ3n) is 4.82. The second-order valence-electron chi connectivity index (χ2n) is 6.76. The Balaban J connectivity index is 0.00000280. The van der Waals surface area contributed by atoms with E-state index < -0.39 is 6.10 Å². The summed E-state index contributed by atoms with van der Waals surface area (Å²) in [5.74, 6) is -0.384. The minimum Gasteiger partial charge on any atom is -0.372 e. The fourth-order valence-electron chi connectivity index (χ4n) is 3.20. The van der Waals surface area contributed by atoms with Gasteiger partial charge in [0.2, 0.25) is 5.91 Å². The summed E-state index contributed by atoms with van der Waals surface area (Å²) in [6.45, 7) is 3.04. The maximum absolute atomic E-state index is 12.8. The molecule has 0 spiro atoms. The van der Waals surface area contributed by atoms with Crippen molar-refractivity contribution in [1.82, 2.24) is 15.1 Å². The highest BCUT2D eigenvalue weighted by molar-refractivity contribution is 5.96. The molecular weight excluding hydrogens is 382 g/mol. The lowest BCUT2D eigenvalue weighted by Gasteiger charge is -2.17. The van der Waals surface area contributed by atoms with Gasteiger partial charge in [0.1, 0.15) is 6.10 Å². The molecule has 2 heterocycles. The van der Waals surface area contributed by atoms with Crippen molar-refractivity contribution in [2.24, 2.45) is 13.0 Å². The van der Waals surface area contributed by atoms with Crippen LogP contribution in [0.2, 0.25) is 0 Å². The van der Waals surface area contributed by atoms with Gasteiger partial charge in [0.05, 0.1) is 12.1 Å². The predicted octanol–water partition coefficient (Wildman–Crippen LogP) is 1.76. The molecule has 1 unspecified atom stereocenters. The van der Waals surface area contributed by atoms with Crippen molar-refractivity contribution in [2.75, 3.05) is 30.8 Å². The Labute approximate surface area is 170 Å². The first-order chi connectivity index (χ1) is 13.0. The number of methoxy groups -OCH3 is 1. The molecular formula is C19H26ClN5O3. The van der Waals surface area contributed by atoms with Gasteiger partial charge in [-0.2, -0.15) is 5.10 Å². The highest BCUT2D eigenvalue weighted by Gasteiger charge is 2.34. The van der Waals surface area contributed by atoms with Crippen LogP contribution in [0.4, 0.5) is 11.4 Å². The quantitative estimate of drug-likeness (QED) is 0.677. The van der Waals surface area contributed by atoms with Crippen LogP contribution >= 0.6 is 12.4 Å². The summed E-state index contributed by atoms with van der Waals surface area (Å²) < 4.78 is 6.75. The van der Waals surface area contributed by atoms with Gasteiger partial charge in [0, 0.05) is 50.7 Å². The van der Waals surface area contributed by atoms with Crippen molar-refractivity contribution in [3.8, 4) is 0 Å². The van der Waals surface area contributed by atoms with E-state index in [-0.39, 0.29) is 36.1 Å². The van der Waals surface area contributed by atoms with Gasteiger partial charge >= 0.3 is 0 Å². The third kappa shape index (κ3) is 5.09. The van der Waals surface area contributed by atoms with Crippen LogP contribution in [0, 0.1) is 5.92 Å². The SMILES string of the molecule is COC(C)C(=O)Nc1cccc(NC(=O)[C@H]2CNC[C@@H]2c2cnn(C)c2)c1.Cl. The lowest BCUT2D eigenvalue weighted by atomic mass is 9.90. The van der Waals surface area contributed by atoms with E-state index in [1.165, 1.54) is 7.11 Å². The molecule has 0 bridgehead atoms. The number of rotatable bonds is 6. The van der Waals surface area contributed by atoms with E-state index in [9.17, 15) is 9.59 Å². The van der Waals surface area contributed by atoms with E-state index in [2.05, 4.69) is 21.0 Å².